The first-order chi connectivity index (χ1) is 6.25. The summed E-state index contributed by atoms with van der Waals surface area (Å²) in [4.78, 5) is 3.05. The number of hydrogen-bond acceptors (Lipinski definition) is 2. The molecule has 1 aromatic heterocycles. The van der Waals surface area contributed by atoms with Gasteiger partial charge in [0, 0.05) is 18.4 Å². The fourth-order valence-electron chi connectivity index (χ4n) is 1.28. The van der Waals surface area contributed by atoms with E-state index in [0.717, 1.165) is 11.3 Å². The number of H-pyrrole nitrogens is 1. The molecule has 0 bridgehead atoms. The molecule has 74 valence electrons. The number of rotatable bonds is 5. The van der Waals surface area contributed by atoms with Crippen molar-refractivity contribution < 1.29 is 0 Å². The minimum Gasteiger partial charge on any atom is -0.337 e. The predicted octanol–water partition coefficient (Wildman–Crippen LogP) is 3.00. The normalized spacial score (nSPS) is 10.6. The van der Waals surface area contributed by atoms with Gasteiger partial charge in [0.05, 0.1) is 0 Å². The van der Waals surface area contributed by atoms with Gasteiger partial charge in [-0.15, -0.1) is 0 Å². The fourth-order valence-corrected chi connectivity index (χ4v) is 2.06. The highest BCUT2D eigenvalue weighted by Gasteiger charge is 1.97. The molecular formula is C9H16N2S2. The molecule has 0 atom stereocenters. The Hall–Kier alpha value is -0.220. The largest absolute Gasteiger partial charge is 0.337 e. The van der Waals surface area contributed by atoms with Gasteiger partial charge in [0.1, 0.15) is 0 Å². The molecule has 0 radical (unpaired) electrons. The quantitative estimate of drug-likeness (QED) is 0.603. The van der Waals surface area contributed by atoms with Gasteiger partial charge in [-0.1, -0.05) is 0 Å². The average molecular weight is 216 g/mol. The topological polar surface area (TPSA) is 20.7 Å². The Bertz CT molecular complexity index is 301. The molecule has 0 spiro atoms. The third kappa shape index (κ3) is 3.19. The number of thioether (sulfide) groups is 1. The summed E-state index contributed by atoms with van der Waals surface area (Å²) in [7, 11) is 0. The van der Waals surface area contributed by atoms with E-state index in [4.69, 9.17) is 12.2 Å². The molecule has 1 heterocycles. The third-order valence-electron chi connectivity index (χ3n) is 2.06. The molecule has 0 saturated heterocycles. The molecule has 0 aliphatic carbocycles. The van der Waals surface area contributed by atoms with Gasteiger partial charge in [0.2, 0.25) is 0 Å². The van der Waals surface area contributed by atoms with Gasteiger partial charge in [-0.25, -0.2) is 0 Å². The van der Waals surface area contributed by atoms with Crippen LogP contribution in [0, 0.1) is 11.7 Å². The molecule has 0 amide bonds. The van der Waals surface area contributed by atoms with E-state index >= 15 is 0 Å². The van der Waals surface area contributed by atoms with Gasteiger partial charge in [0.25, 0.3) is 0 Å². The van der Waals surface area contributed by atoms with Gasteiger partial charge in [-0.3, -0.25) is 0 Å². The smallest absolute Gasteiger partial charge is 0.177 e. The second kappa shape index (κ2) is 5.50. The lowest BCUT2D eigenvalue weighted by Gasteiger charge is -2.03. The molecule has 1 rings (SSSR count). The summed E-state index contributed by atoms with van der Waals surface area (Å²) >= 11 is 7.06. The van der Waals surface area contributed by atoms with Gasteiger partial charge in [0.15, 0.2) is 4.77 Å². The minimum absolute atomic E-state index is 0.849. The van der Waals surface area contributed by atoms with Crippen molar-refractivity contribution in [2.45, 2.75) is 26.3 Å². The zero-order valence-corrected chi connectivity index (χ0v) is 9.80. The predicted molar refractivity (Wildman–Crippen MR) is 62.0 cm³/mol. The number of nitrogens with one attached hydrogen (secondary N) is 1. The monoisotopic (exact) mass is 216 g/mol. The number of unbranched alkanes of at least 4 members (excludes halogenated alkanes) is 1. The molecule has 4 heteroatoms. The molecule has 1 N–H and O–H groups in total. The average Bonchev–Trinajstić information content (AvgIpc) is 2.42. The van der Waals surface area contributed by atoms with Crippen LogP contribution >= 0.6 is 24.0 Å². The molecule has 1 aromatic rings. The molecule has 0 fully saturated rings. The van der Waals surface area contributed by atoms with Gasteiger partial charge >= 0.3 is 0 Å². The van der Waals surface area contributed by atoms with E-state index in [1.54, 1.807) is 0 Å². The van der Waals surface area contributed by atoms with E-state index < -0.39 is 0 Å². The van der Waals surface area contributed by atoms with Crippen molar-refractivity contribution in [3.63, 3.8) is 0 Å². The Labute approximate surface area is 88.7 Å². The highest BCUT2D eigenvalue weighted by Crippen LogP contribution is 2.05. The Balaban J connectivity index is 2.40. The van der Waals surface area contributed by atoms with Crippen LogP contribution in [0.5, 0.6) is 0 Å². The third-order valence-corrected chi connectivity index (χ3v) is 3.09. The van der Waals surface area contributed by atoms with Crippen LogP contribution in [-0.2, 0) is 6.54 Å². The van der Waals surface area contributed by atoms with Crippen molar-refractivity contribution in [1.29, 1.82) is 0 Å². The van der Waals surface area contributed by atoms with Crippen molar-refractivity contribution >= 4 is 24.0 Å². The summed E-state index contributed by atoms with van der Waals surface area (Å²) in [5.74, 6) is 1.25. The Morgan fingerprint density at radius 3 is 2.85 bits per heavy atom. The van der Waals surface area contributed by atoms with Gasteiger partial charge < -0.3 is 9.55 Å². The second-order valence-corrected chi connectivity index (χ2v) is 4.46. The number of imidazole rings is 1. The van der Waals surface area contributed by atoms with E-state index in [1.165, 1.54) is 24.3 Å². The Morgan fingerprint density at radius 1 is 1.54 bits per heavy atom. The van der Waals surface area contributed by atoms with Crippen molar-refractivity contribution in [2.75, 3.05) is 12.0 Å². The number of aryl methyl sites for hydroxylation is 1. The highest BCUT2D eigenvalue weighted by atomic mass is 32.2. The van der Waals surface area contributed by atoms with Crippen LogP contribution in [0.1, 0.15) is 18.5 Å². The van der Waals surface area contributed by atoms with Crippen molar-refractivity contribution in [1.82, 2.24) is 9.55 Å². The molecule has 0 saturated carbocycles. The van der Waals surface area contributed by atoms with Crippen LogP contribution in [0.25, 0.3) is 0 Å². The number of aromatic amines is 1. The lowest BCUT2D eigenvalue weighted by molar-refractivity contribution is 0.616. The van der Waals surface area contributed by atoms with Crippen molar-refractivity contribution in [2.24, 2.45) is 0 Å². The van der Waals surface area contributed by atoms with Crippen LogP contribution in [0.2, 0.25) is 0 Å². The number of aromatic nitrogens is 2. The SMILES string of the molecule is CSCCCCn1c(C)c[nH]c1=S. The fraction of sp³-hybridized carbons (Fsp3) is 0.667. The minimum atomic E-state index is 0.849. The standard InChI is InChI=1S/C9H16N2S2/c1-8-7-10-9(12)11(8)5-3-4-6-13-2/h7H,3-6H2,1-2H3,(H,10,12). The van der Waals surface area contributed by atoms with E-state index in [2.05, 4.69) is 22.7 Å². The Morgan fingerprint density at radius 2 is 2.31 bits per heavy atom. The molecule has 13 heavy (non-hydrogen) atoms. The number of nitrogens with zero attached hydrogens (tertiary/aromatic N) is 1. The van der Waals surface area contributed by atoms with Gasteiger partial charge in [-0.2, -0.15) is 11.8 Å². The van der Waals surface area contributed by atoms with Gasteiger partial charge in [-0.05, 0) is 44.0 Å². The summed E-state index contributed by atoms with van der Waals surface area (Å²) in [6.45, 7) is 3.13. The van der Waals surface area contributed by atoms with E-state index in [0.29, 0.717) is 0 Å². The van der Waals surface area contributed by atoms with E-state index in [1.807, 2.05) is 18.0 Å². The summed E-state index contributed by atoms with van der Waals surface area (Å²) in [6.07, 6.45) is 6.60. The lowest BCUT2D eigenvalue weighted by Crippen LogP contribution is -2.00. The molecule has 0 aliphatic heterocycles. The van der Waals surface area contributed by atoms with Crippen LogP contribution < -0.4 is 0 Å². The van der Waals surface area contributed by atoms with Crippen LogP contribution in [-0.4, -0.2) is 21.6 Å². The Kier molecular flexibility index (Phi) is 4.59. The number of hydrogen-bond donors (Lipinski definition) is 1. The summed E-state index contributed by atoms with van der Waals surface area (Å²) in [6, 6.07) is 0. The molecule has 0 unspecified atom stereocenters. The maximum absolute atomic E-state index is 5.15. The first-order valence-corrected chi connectivity index (χ1v) is 6.29. The van der Waals surface area contributed by atoms with E-state index in [-0.39, 0.29) is 0 Å². The van der Waals surface area contributed by atoms with Crippen molar-refractivity contribution in [3.8, 4) is 0 Å². The first kappa shape index (κ1) is 10.9. The second-order valence-electron chi connectivity index (χ2n) is 3.09. The first-order valence-electron chi connectivity index (χ1n) is 4.49. The molecule has 2 nitrogen and oxygen atoms in total. The van der Waals surface area contributed by atoms with Crippen LogP contribution in [0.3, 0.4) is 0 Å². The van der Waals surface area contributed by atoms with Crippen LogP contribution in [0.4, 0.5) is 0 Å². The maximum atomic E-state index is 5.15. The van der Waals surface area contributed by atoms with E-state index in [9.17, 15) is 0 Å². The van der Waals surface area contributed by atoms with Crippen LogP contribution in [0.15, 0.2) is 6.20 Å². The summed E-state index contributed by atoms with van der Waals surface area (Å²) in [5, 5.41) is 0. The molecule has 0 aliphatic rings. The maximum Gasteiger partial charge on any atom is 0.177 e. The zero-order chi connectivity index (χ0) is 9.68. The lowest BCUT2D eigenvalue weighted by atomic mass is 10.3. The highest BCUT2D eigenvalue weighted by molar-refractivity contribution is 7.98. The molecule has 0 aromatic carbocycles. The summed E-state index contributed by atoms with van der Waals surface area (Å²) in [5.41, 5.74) is 1.23. The van der Waals surface area contributed by atoms with Crippen molar-refractivity contribution in [3.05, 3.63) is 16.7 Å². The summed E-state index contributed by atoms with van der Waals surface area (Å²) < 4.78 is 3.01. The zero-order valence-electron chi connectivity index (χ0n) is 8.17. The molecular weight excluding hydrogens is 200 g/mol.